The SMILES string of the molecule is COc1ccc(C(=O)NCCN2CCC(C(=O)c3ccc(F)cc3)CC2)cc1C#N.Cl. The van der Waals surface area contributed by atoms with Crippen molar-refractivity contribution >= 4 is 24.1 Å². The Labute approximate surface area is 187 Å². The first-order valence-corrected chi connectivity index (χ1v) is 9.90. The van der Waals surface area contributed by atoms with E-state index in [-0.39, 0.29) is 35.8 Å². The molecule has 1 fully saturated rings. The van der Waals surface area contributed by atoms with E-state index in [4.69, 9.17) is 10.00 Å². The second-order valence-corrected chi connectivity index (χ2v) is 7.27. The molecule has 0 aliphatic carbocycles. The van der Waals surface area contributed by atoms with Gasteiger partial charge < -0.3 is 15.0 Å². The van der Waals surface area contributed by atoms with Crippen LogP contribution in [0.15, 0.2) is 42.5 Å². The number of likely N-dealkylation sites (tertiary alicyclic amines) is 1. The smallest absolute Gasteiger partial charge is 0.251 e. The molecule has 0 unspecified atom stereocenters. The fourth-order valence-corrected chi connectivity index (χ4v) is 3.63. The molecule has 1 heterocycles. The van der Waals surface area contributed by atoms with E-state index in [9.17, 15) is 14.0 Å². The number of carbonyl (C=O) groups excluding carboxylic acids is 2. The number of nitrogens with zero attached hydrogens (tertiary/aromatic N) is 2. The van der Waals surface area contributed by atoms with Gasteiger partial charge in [0.25, 0.3) is 5.91 Å². The molecule has 0 bridgehead atoms. The number of nitriles is 1. The molecular weight excluding hydrogens is 421 g/mol. The normalized spacial score (nSPS) is 14.2. The number of hydrogen-bond acceptors (Lipinski definition) is 5. The number of Topliss-reactive ketones (excluding diaryl/α,β-unsaturated/α-hetero) is 1. The summed E-state index contributed by atoms with van der Waals surface area (Å²) in [4.78, 5) is 27.1. The molecule has 1 aliphatic heterocycles. The Morgan fingerprint density at radius 3 is 2.42 bits per heavy atom. The van der Waals surface area contributed by atoms with E-state index in [0.29, 0.717) is 35.5 Å². The molecule has 1 aliphatic rings. The predicted octanol–water partition coefficient (Wildman–Crippen LogP) is 3.45. The Hall–Kier alpha value is -2.95. The lowest BCUT2D eigenvalue weighted by Gasteiger charge is -2.31. The van der Waals surface area contributed by atoms with Crippen LogP contribution in [0.25, 0.3) is 0 Å². The van der Waals surface area contributed by atoms with E-state index in [1.165, 1.54) is 37.4 Å². The van der Waals surface area contributed by atoms with Crippen LogP contribution in [0.4, 0.5) is 4.39 Å². The molecule has 2 aromatic carbocycles. The van der Waals surface area contributed by atoms with Crippen LogP contribution in [0.5, 0.6) is 5.75 Å². The van der Waals surface area contributed by atoms with E-state index in [1.54, 1.807) is 12.1 Å². The number of carbonyl (C=O) groups is 2. The van der Waals surface area contributed by atoms with Crippen LogP contribution in [0, 0.1) is 23.1 Å². The molecule has 0 radical (unpaired) electrons. The minimum Gasteiger partial charge on any atom is -0.495 e. The first-order valence-electron chi connectivity index (χ1n) is 9.90. The average Bonchev–Trinajstić information content (AvgIpc) is 2.79. The number of ether oxygens (including phenoxy) is 1. The molecule has 8 heteroatoms. The summed E-state index contributed by atoms with van der Waals surface area (Å²) < 4.78 is 18.1. The maximum Gasteiger partial charge on any atom is 0.251 e. The van der Waals surface area contributed by atoms with Gasteiger partial charge in [-0.15, -0.1) is 12.4 Å². The van der Waals surface area contributed by atoms with Crippen LogP contribution in [-0.2, 0) is 0 Å². The molecule has 3 rings (SSSR count). The lowest BCUT2D eigenvalue weighted by molar-refractivity contribution is 0.0839. The van der Waals surface area contributed by atoms with Crippen molar-refractivity contribution in [2.24, 2.45) is 5.92 Å². The first-order chi connectivity index (χ1) is 14.5. The van der Waals surface area contributed by atoms with Crippen molar-refractivity contribution in [2.75, 3.05) is 33.3 Å². The summed E-state index contributed by atoms with van der Waals surface area (Å²) in [5, 5.41) is 12.0. The van der Waals surface area contributed by atoms with E-state index in [0.717, 1.165) is 25.9 Å². The third-order valence-electron chi connectivity index (χ3n) is 5.38. The highest BCUT2D eigenvalue weighted by Gasteiger charge is 2.25. The van der Waals surface area contributed by atoms with Crippen molar-refractivity contribution in [3.63, 3.8) is 0 Å². The Balaban J connectivity index is 0.00000341. The van der Waals surface area contributed by atoms with Gasteiger partial charge in [0.05, 0.1) is 12.7 Å². The minimum absolute atomic E-state index is 0. The fraction of sp³-hybridized carbons (Fsp3) is 0.348. The number of piperidine rings is 1. The van der Waals surface area contributed by atoms with Crippen LogP contribution < -0.4 is 10.1 Å². The third kappa shape index (κ3) is 6.27. The maximum atomic E-state index is 13.0. The highest BCUT2D eigenvalue weighted by molar-refractivity contribution is 5.98. The minimum atomic E-state index is -0.345. The Morgan fingerprint density at radius 1 is 1.16 bits per heavy atom. The predicted molar refractivity (Wildman–Crippen MR) is 117 cm³/mol. The molecular formula is C23H25ClFN3O3. The highest BCUT2D eigenvalue weighted by Crippen LogP contribution is 2.22. The summed E-state index contributed by atoms with van der Waals surface area (Å²) in [5.74, 6) is -0.134. The number of methoxy groups -OCH3 is 1. The zero-order chi connectivity index (χ0) is 21.5. The number of halogens is 2. The molecule has 0 aromatic heterocycles. The molecule has 0 atom stereocenters. The molecule has 2 aromatic rings. The summed E-state index contributed by atoms with van der Waals surface area (Å²) >= 11 is 0. The standard InChI is InChI=1S/C23H24FN3O3.ClH/c1-30-21-7-4-18(14-19(21)15-25)23(29)26-10-13-27-11-8-17(9-12-27)22(28)16-2-5-20(24)6-3-16;/h2-7,14,17H,8-13H2,1H3,(H,26,29);1H. The lowest BCUT2D eigenvalue weighted by atomic mass is 9.89. The van der Waals surface area contributed by atoms with Crippen molar-refractivity contribution < 1.29 is 18.7 Å². The topological polar surface area (TPSA) is 82.4 Å². The second kappa shape index (κ2) is 11.4. The number of hydrogen-bond donors (Lipinski definition) is 1. The third-order valence-corrected chi connectivity index (χ3v) is 5.38. The molecule has 1 amide bonds. The lowest BCUT2D eigenvalue weighted by Crippen LogP contribution is -2.41. The zero-order valence-electron chi connectivity index (χ0n) is 17.3. The molecule has 1 saturated heterocycles. The second-order valence-electron chi connectivity index (χ2n) is 7.27. The fourth-order valence-electron chi connectivity index (χ4n) is 3.63. The van der Waals surface area contributed by atoms with Gasteiger partial charge in [0, 0.05) is 30.1 Å². The first kappa shape index (κ1) is 24.3. The van der Waals surface area contributed by atoms with Gasteiger partial charge in [-0.05, 0) is 68.4 Å². The van der Waals surface area contributed by atoms with Crippen LogP contribution in [0.2, 0.25) is 0 Å². The van der Waals surface area contributed by atoms with Crippen molar-refractivity contribution in [1.29, 1.82) is 5.26 Å². The number of nitrogens with one attached hydrogen (secondary N) is 1. The molecule has 1 N–H and O–H groups in total. The van der Waals surface area contributed by atoms with Gasteiger partial charge in [-0.25, -0.2) is 4.39 Å². The highest BCUT2D eigenvalue weighted by atomic mass is 35.5. The Kier molecular flexibility index (Phi) is 8.98. The zero-order valence-corrected chi connectivity index (χ0v) is 18.1. The summed E-state index contributed by atoms with van der Waals surface area (Å²) in [6, 6.07) is 12.5. The molecule has 0 spiro atoms. The summed E-state index contributed by atoms with van der Waals surface area (Å²) in [6.45, 7) is 2.71. The van der Waals surface area contributed by atoms with Crippen molar-refractivity contribution in [1.82, 2.24) is 10.2 Å². The van der Waals surface area contributed by atoms with Crippen LogP contribution in [0.3, 0.4) is 0 Å². The summed E-state index contributed by atoms with van der Waals surface area (Å²) in [6.07, 6.45) is 1.49. The van der Waals surface area contributed by atoms with E-state index >= 15 is 0 Å². The summed E-state index contributed by atoms with van der Waals surface area (Å²) in [5.41, 5.74) is 1.28. The van der Waals surface area contributed by atoms with Crippen LogP contribution in [-0.4, -0.2) is 49.9 Å². The van der Waals surface area contributed by atoms with E-state index < -0.39 is 0 Å². The molecule has 164 valence electrons. The Bertz CT molecular complexity index is 952. The molecule has 6 nitrogen and oxygen atoms in total. The van der Waals surface area contributed by atoms with E-state index in [1.807, 2.05) is 6.07 Å². The van der Waals surface area contributed by atoms with Gasteiger partial charge in [0.2, 0.25) is 0 Å². The van der Waals surface area contributed by atoms with Gasteiger partial charge in [0.1, 0.15) is 17.6 Å². The van der Waals surface area contributed by atoms with Gasteiger partial charge in [0.15, 0.2) is 5.78 Å². The van der Waals surface area contributed by atoms with Crippen molar-refractivity contribution in [3.05, 3.63) is 65.0 Å². The van der Waals surface area contributed by atoms with E-state index in [2.05, 4.69) is 10.2 Å². The Morgan fingerprint density at radius 2 is 1.81 bits per heavy atom. The van der Waals surface area contributed by atoms with Crippen molar-refractivity contribution in [2.45, 2.75) is 12.8 Å². The number of ketones is 1. The summed E-state index contributed by atoms with van der Waals surface area (Å²) in [7, 11) is 1.48. The number of rotatable bonds is 7. The molecule has 31 heavy (non-hydrogen) atoms. The maximum absolute atomic E-state index is 13.0. The van der Waals surface area contributed by atoms with Crippen molar-refractivity contribution in [3.8, 4) is 11.8 Å². The van der Waals surface area contributed by atoms with Crippen LogP contribution in [0.1, 0.15) is 39.1 Å². The van der Waals surface area contributed by atoms with Gasteiger partial charge in [-0.2, -0.15) is 5.26 Å². The van der Waals surface area contributed by atoms with Crippen LogP contribution >= 0.6 is 12.4 Å². The monoisotopic (exact) mass is 445 g/mol. The van der Waals surface area contributed by atoms with Gasteiger partial charge in [-0.1, -0.05) is 0 Å². The van der Waals surface area contributed by atoms with Gasteiger partial charge >= 0.3 is 0 Å². The number of benzene rings is 2. The quantitative estimate of drug-likeness (QED) is 0.660. The van der Waals surface area contributed by atoms with Gasteiger partial charge in [-0.3, -0.25) is 9.59 Å². The molecule has 0 saturated carbocycles. The number of amides is 1. The average molecular weight is 446 g/mol. The largest absolute Gasteiger partial charge is 0.495 e.